The summed E-state index contributed by atoms with van der Waals surface area (Å²) in [4.78, 5) is 2.98. The summed E-state index contributed by atoms with van der Waals surface area (Å²) in [5.41, 5.74) is 15.7. The lowest BCUT2D eigenvalue weighted by molar-refractivity contribution is -0.343. The van der Waals surface area contributed by atoms with Crippen molar-refractivity contribution in [2.24, 2.45) is 0 Å². The summed E-state index contributed by atoms with van der Waals surface area (Å²) in [7, 11) is 0. The molecule has 0 aliphatic carbocycles. The molecule has 2 aromatic carbocycles. The first-order valence-corrected chi connectivity index (χ1v) is 7.59. The smallest absolute Gasteiger partial charge is 0.220 e. The van der Waals surface area contributed by atoms with Crippen LogP contribution in [0.2, 0.25) is 0 Å². The zero-order chi connectivity index (χ0) is 17.1. The van der Waals surface area contributed by atoms with Crippen molar-refractivity contribution in [3.63, 3.8) is 0 Å². The molecule has 3 aromatic rings. The zero-order valence-corrected chi connectivity index (χ0v) is 14.2. The molecule has 0 fully saturated rings. The van der Waals surface area contributed by atoms with Crippen LogP contribution in [0.4, 0.5) is 20.4 Å². The molecule has 130 valence electrons. The molecule has 0 aliphatic rings. The first kappa shape index (κ1) is 18.7. The highest BCUT2D eigenvalue weighted by Crippen LogP contribution is 2.20. The molecule has 0 amide bonds. The Labute approximate surface area is 151 Å². The van der Waals surface area contributed by atoms with Gasteiger partial charge in [0.1, 0.15) is 11.6 Å². The van der Waals surface area contributed by atoms with Crippen LogP contribution in [0.15, 0.2) is 54.6 Å². The van der Waals surface area contributed by atoms with Gasteiger partial charge in [-0.3, -0.25) is 0 Å². The Hall–Kier alpha value is -2.66. The molecule has 0 unspecified atom stereocenters. The van der Waals surface area contributed by atoms with E-state index in [1.54, 1.807) is 24.3 Å². The van der Waals surface area contributed by atoms with Gasteiger partial charge in [0, 0.05) is 24.0 Å². The van der Waals surface area contributed by atoms with Crippen LogP contribution in [-0.2, 0) is 12.8 Å². The molecule has 25 heavy (non-hydrogen) atoms. The van der Waals surface area contributed by atoms with Gasteiger partial charge in [0.25, 0.3) is 0 Å². The minimum absolute atomic E-state index is 0. The summed E-state index contributed by atoms with van der Waals surface area (Å²) in [6, 6.07) is 14.5. The molecule has 3 rings (SSSR count). The van der Waals surface area contributed by atoms with E-state index < -0.39 is 0 Å². The fraction of sp³-hybridized carbons (Fsp3) is 0.105. The second-order valence-corrected chi connectivity index (χ2v) is 5.75. The van der Waals surface area contributed by atoms with Gasteiger partial charge in [-0.05, 0) is 41.5 Å². The molecule has 0 saturated carbocycles. The number of H-pyrrole nitrogens is 1. The van der Waals surface area contributed by atoms with E-state index >= 15 is 0 Å². The molecule has 0 saturated heterocycles. The number of nitrogens with two attached hydrogens (primary N) is 2. The second-order valence-electron chi connectivity index (χ2n) is 5.75. The Morgan fingerprint density at radius 3 is 1.40 bits per heavy atom. The second kappa shape index (κ2) is 7.94. The van der Waals surface area contributed by atoms with Gasteiger partial charge in [0.05, 0.1) is 0 Å². The minimum Gasteiger partial charge on any atom is -1.00 e. The highest BCUT2D eigenvalue weighted by atomic mass is 35.5. The van der Waals surface area contributed by atoms with Crippen molar-refractivity contribution < 1.29 is 26.2 Å². The molecule has 0 spiro atoms. The van der Waals surface area contributed by atoms with Gasteiger partial charge in [-0.2, -0.15) is 0 Å². The van der Waals surface area contributed by atoms with Gasteiger partial charge in [-0.1, -0.05) is 24.3 Å². The number of hydrogen-bond donors (Lipinski definition) is 2. The number of benzene rings is 2. The Kier molecular flexibility index (Phi) is 5.93. The molecular formula is C19H18ClF2N3. The van der Waals surface area contributed by atoms with Gasteiger partial charge < -0.3 is 23.9 Å². The average Bonchev–Trinajstić information content (AvgIpc) is 2.56. The summed E-state index contributed by atoms with van der Waals surface area (Å²) in [5.74, 6) is 0.430. The van der Waals surface area contributed by atoms with E-state index in [1.165, 1.54) is 24.3 Å². The molecule has 0 radical (unpaired) electrons. The molecule has 6 heteroatoms. The number of nitrogens with one attached hydrogen (secondary N) is 1. The number of aromatic nitrogens is 1. The van der Waals surface area contributed by atoms with Gasteiger partial charge in [-0.15, -0.1) is 0 Å². The quantitative estimate of drug-likeness (QED) is 0.693. The number of aromatic amines is 1. The van der Waals surface area contributed by atoms with E-state index in [2.05, 4.69) is 4.98 Å². The third-order valence-corrected chi connectivity index (χ3v) is 3.93. The first-order chi connectivity index (χ1) is 11.5. The number of nitrogen functional groups attached to an aromatic ring is 2. The van der Waals surface area contributed by atoms with E-state index in [0.717, 1.165) is 22.3 Å². The largest absolute Gasteiger partial charge is 1.00 e. The normalized spacial score (nSPS) is 10.3. The maximum absolute atomic E-state index is 13.0. The van der Waals surface area contributed by atoms with Crippen LogP contribution in [0.5, 0.6) is 0 Å². The van der Waals surface area contributed by atoms with Crippen molar-refractivity contribution in [2.45, 2.75) is 12.8 Å². The van der Waals surface area contributed by atoms with E-state index in [0.29, 0.717) is 24.5 Å². The van der Waals surface area contributed by atoms with Crippen LogP contribution in [0.3, 0.4) is 0 Å². The maximum Gasteiger partial charge on any atom is 0.220 e. The Morgan fingerprint density at radius 1 is 0.680 bits per heavy atom. The van der Waals surface area contributed by atoms with Crippen LogP contribution >= 0.6 is 0 Å². The van der Waals surface area contributed by atoms with Crippen molar-refractivity contribution in [2.75, 3.05) is 11.5 Å². The van der Waals surface area contributed by atoms with Crippen LogP contribution in [0, 0.1) is 11.6 Å². The highest BCUT2D eigenvalue weighted by molar-refractivity contribution is 5.48. The lowest BCUT2D eigenvalue weighted by Gasteiger charge is -2.09. The predicted octanol–water partition coefficient (Wildman–Crippen LogP) is 0.129. The number of halogens is 3. The first-order valence-electron chi connectivity index (χ1n) is 7.59. The zero-order valence-electron chi connectivity index (χ0n) is 13.4. The molecule has 1 heterocycles. The van der Waals surface area contributed by atoms with Crippen molar-refractivity contribution in [3.8, 4) is 0 Å². The van der Waals surface area contributed by atoms with Crippen LogP contribution < -0.4 is 28.9 Å². The van der Waals surface area contributed by atoms with E-state index in [-0.39, 0.29) is 24.0 Å². The van der Waals surface area contributed by atoms with Gasteiger partial charge in [0.15, 0.2) is 0 Å². The monoisotopic (exact) mass is 361 g/mol. The minimum atomic E-state index is -0.271. The van der Waals surface area contributed by atoms with Crippen LogP contribution in [-0.4, -0.2) is 0 Å². The highest BCUT2D eigenvalue weighted by Gasteiger charge is 2.12. The van der Waals surface area contributed by atoms with Crippen molar-refractivity contribution in [3.05, 3.63) is 88.5 Å². The maximum atomic E-state index is 13.0. The predicted molar refractivity (Wildman–Crippen MR) is 90.2 cm³/mol. The average molecular weight is 362 g/mol. The fourth-order valence-electron chi connectivity index (χ4n) is 2.61. The lowest BCUT2D eigenvalue weighted by atomic mass is 10.00. The fourth-order valence-corrected chi connectivity index (χ4v) is 2.61. The third-order valence-electron chi connectivity index (χ3n) is 3.93. The Bertz CT molecular complexity index is 781. The van der Waals surface area contributed by atoms with Crippen molar-refractivity contribution in [1.29, 1.82) is 0 Å². The number of rotatable bonds is 4. The number of pyridine rings is 1. The summed E-state index contributed by atoms with van der Waals surface area (Å²) in [5, 5.41) is 0. The van der Waals surface area contributed by atoms with E-state index in [4.69, 9.17) is 11.5 Å². The van der Waals surface area contributed by atoms with Gasteiger partial charge in [-0.25, -0.2) is 13.8 Å². The lowest BCUT2D eigenvalue weighted by Crippen LogP contribution is -3.00. The number of hydrogen-bond acceptors (Lipinski definition) is 2. The third kappa shape index (κ3) is 4.67. The van der Waals surface area contributed by atoms with E-state index in [1.807, 2.05) is 6.07 Å². The molecule has 3 nitrogen and oxygen atoms in total. The Morgan fingerprint density at radius 2 is 1.04 bits per heavy atom. The van der Waals surface area contributed by atoms with Gasteiger partial charge >= 0.3 is 0 Å². The SMILES string of the molecule is Nc1[nH+]c(N)c(Cc2ccc(F)cc2)cc1Cc1ccc(F)cc1.[Cl-]. The van der Waals surface area contributed by atoms with Crippen molar-refractivity contribution in [1.82, 2.24) is 0 Å². The van der Waals surface area contributed by atoms with Crippen LogP contribution in [0.25, 0.3) is 0 Å². The standard InChI is InChI=1S/C19H17F2N3.ClH/c20-16-5-1-12(2-6-16)9-14-11-15(19(23)24-18(14)22)10-13-3-7-17(21)8-4-13;/h1-8,11H,9-10H2,(H4,22,23,24);1H. The van der Waals surface area contributed by atoms with Crippen LogP contribution in [0.1, 0.15) is 22.3 Å². The Balaban J connectivity index is 0.00000225. The molecule has 0 bridgehead atoms. The summed E-state index contributed by atoms with van der Waals surface area (Å²) >= 11 is 0. The van der Waals surface area contributed by atoms with E-state index in [9.17, 15) is 8.78 Å². The molecular weight excluding hydrogens is 344 g/mol. The molecule has 5 N–H and O–H groups in total. The topological polar surface area (TPSA) is 66.2 Å². The van der Waals surface area contributed by atoms with Crippen molar-refractivity contribution >= 4 is 11.6 Å². The van der Waals surface area contributed by atoms with Gasteiger partial charge in [0.2, 0.25) is 11.6 Å². The molecule has 1 aromatic heterocycles. The number of anilines is 2. The summed E-state index contributed by atoms with van der Waals surface area (Å²) < 4.78 is 26.0. The molecule has 0 atom stereocenters. The summed E-state index contributed by atoms with van der Waals surface area (Å²) in [6.07, 6.45) is 1.14. The summed E-state index contributed by atoms with van der Waals surface area (Å²) in [6.45, 7) is 0. The molecule has 0 aliphatic heterocycles.